The van der Waals surface area contributed by atoms with Crippen LogP contribution < -0.4 is 10.1 Å². The zero-order chi connectivity index (χ0) is 24.0. The van der Waals surface area contributed by atoms with E-state index in [9.17, 15) is 9.59 Å². The molecule has 0 fully saturated rings. The molecule has 3 aromatic rings. The van der Waals surface area contributed by atoms with Crippen molar-refractivity contribution in [2.24, 2.45) is 7.05 Å². The van der Waals surface area contributed by atoms with E-state index in [4.69, 9.17) is 21.1 Å². The number of carbonyl (C=O) groups excluding carboxylic acids is 2. The molecule has 0 bridgehead atoms. The molecule has 8 nitrogen and oxygen atoms in total. The van der Waals surface area contributed by atoms with Gasteiger partial charge < -0.3 is 19.4 Å². The van der Waals surface area contributed by atoms with Crippen LogP contribution in [-0.2, 0) is 29.6 Å². The van der Waals surface area contributed by atoms with Crippen molar-refractivity contribution in [3.63, 3.8) is 0 Å². The van der Waals surface area contributed by atoms with Crippen LogP contribution in [0.1, 0.15) is 40.5 Å². The second kappa shape index (κ2) is 11.5. The molecule has 0 unspecified atom stereocenters. The molecule has 0 aliphatic heterocycles. The molecular weight excluding hydrogens is 484 g/mol. The van der Waals surface area contributed by atoms with Crippen LogP contribution in [0, 0.1) is 6.92 Å². The van der Waals surface area contributed by atoms with Gasteiger partial charge in [-0.2, -0.15) is 0 Å². The summed E-state index contributed by atoms with van der Waals surface area (Å²) in [5.74, 6) is 0.747. The summed E-state index contributed by atoms with van der Waals surface area (Å²) in [7, 11) is 1.82. The SMILES string of the molecule is CCOC(=O)c1cc(CC)sc1NC(=O)CSc1nnc(COc2ccc(Cl)c(C)c2)n1C. The lowest BCUT2D eigenvalue weighted by molar-refractivity contribution is -0.113. The van der Waals surface area contributed by atoms with Crippen LogP contribution in [0.4, 0.5) is 5.00 Å². The van der Waals surface area contributed by atoms with Gasteiger partial charge in [-0.15, -0.1) is 21.5 Å². The van der Waals surface area contributed by atoms with Crippen LogP contribution in [0.15, 0.2) is 29.4 Å². The number of thioether (sulfide) groups is 1. The maximum atomic E-state index is 12.5. The van der Waals surface area contributed by atoms with Crippen LogP contribution in [0.2, 0.25) is 5.02 Å². The number of nitrogens with zero attached hydrogens (tertiary/aromatic N) is 3. The second-order valence-corrected chi connectivity index (χ2v) is 9.51. The third-order valence-corrected chi connectivity index (χ3v) is 7.27. The Balaban J connectivity index is 1.58. The first kappa shape index (κ1) is 25.1. The number of aromatic nitrogens is 3. The van der Waals surface area contributed by atoms with Crippen molar-refractivity contribution >= 4 is 51.6 Å². The summed E-state index contributed by atoms with van der Waals surface area (Å²) in [6.07, 6.45) is 0.765. The van der Waals surface area contributed by atoms with Gasteiger partial charge in [0.1, 0.15) is 17.4 Å². The van der Waals surface area contributed by atoms with E-state index in [1.165, 1.54) is 23.1 Å². The normalized spacial score (nSPS) is 10.8. The number of hydrogen-bond donors (Lipinski definition) is 1. The van der Waals surface area contributed by atoms with Crippen LogP contribution >= 0.6 is 34.7 Å². The first-order valence-electron chi connectivity index (χ1n) is 10.3. The molecule has 0 saturated heterocycles. The van der Waals surface area contributed by atoms with Crippen molar-refractivity contribution < 1.29 is 19.1 Å². The summed E-state index contributed by atoms with van der Waals surface area (Å²) in [5.41, 5.74) is 1.31. The Bertz CT molecular complexity index is 1150. The van der Waals surface area contributed by atoms with E-state index >= 15 is 0 Å². The van der Waals surface area contributed by atoms with E-state index in [1.807, 2.05) is 27.0 Å². The molecular formula is C22H25ClN4O4S2. The molecule has 176 valence electrons. The minimum Gasteiger partial charge on any atom is -0.486 e. The maximum absolute atomic E-state index is 12.5. The number of amides is 1. The smallest absolute Gasteiger partial charge is 0.341 e. The number of thiophene rings is 1. The standard InChI is InChI=1S/C22H25ClN4O4S2/c1-5-15-10-16(21(29)30-6-2)20(33-15)24-19(28)12-32-22-26-25-18(27(22)4)11-31-14-7-8-17(23)13(3)9-14/h7-10H,5-6,11-12H2,1-4H3,(H,24,28). The topological polar surface area (TPSA) is 95.3 Å². The van der Waals surface area contributed by atoms with Crippen molar-refractivity contribution in [1.29, 1.82) is 0 Å². The summed E-state index contributed by atoms with van der Waals surface area (Å²) in [5, 5.41) is 12.9. The Labute approximate surface area is 205 Å². The predicted molar refractivity (Wildman–Crippen MR) is 131 cm³/mol. The van der Waals surface area contributed by atoms with Gasteiger partial charge in [0.25, 0.3) is 0 Å². The molecule has 0 aliphatic carbocycles. The van der Waals surface area contributed by atoms with E-state index in [0.717, 1.165) is 16.9 Å². The van der Waals surface area contributed by atoms with Crippen LogP contribution in [0.5, 0.6) is 5.75 Å². The van der Waals surface area contributed by atoms with Crippen molar-refractivity contribution in [2.75, 3.05) is 17.7 Å². The Morgan fingerprint density at radius 3 is 2.73 bits per heavy atom. The number of carbonyl (C=O) groups is 2. The molecule has 0 spiro atoms. The highest BCUT2D eigenvalue weighted by Crippen LogP contribution is 2.30. The molecule has 33 heavy (non-hydrogen) atoms. The third-order valence-electron chi connectivity index (χ3n) is 4.63. The van der Waals surface area contributed by atoms with Crippen LogP contribution in [0.25, 0.3) is 0 Å². The van der Waals surface area contributed by atoms with Gasteiger partial charge in [-0.3, -0.25) is 4.79 Å². The highest BCUT2D eigenvalue weighted by Gasteiger charge is 2.19. The average molecular weight is 509 g/mol. The van der Waals surface area contributed by atoms with Gasteiger partial charge in [0.2, 0.25) is 5.91 Å². The number of anilines is 1. The summed E-state index contributed by atoms with van der Waals surface area (Å²) < 4.78 is 12.7. The number of halogens is 1. The van der Waals surface area contributed by atoms with Gasteiger partial charge in [0.05, 0.1) is 17.9 Å². The van der Waals surface area contributed by atoms with Gasteiger partial charge in [-0.25, -0.2) is 4.79 Å². The predicted octanol–water partition coefficient (Wildman–Crippen LogP) is 4.89. The zero-order valence-corrected chi connectivity index (χ0v) is 21.2. The summed E-state index contributed by atoms with van der Waals surface area (Å²) in [6, 6.07) is 7.21. The zero-order valence-electron chi connectivity index (χ0n) is 18.8. The van der Waals surface area contributed by atoms with Gasteiger partial charge in [0, 0.05) is 16.9 Å². The lowest BCUT2D eigenvalue weighted by atomic mass is 10.2. The highest BCUT2D eigenvalue weighted by molar-refractivity contribution is 7.99. The van der Waals surface area contributed by atoms with Crippen molar-refractivity contribution in [3.05, 3.63) is 51.1 Å². The molecule has 1 aromatic carbocycles. The van der Waals surface area contributed by atoms with Crippen molar-refractivity contribution in [1.82, 2.24) is 14.8 Å². The fourth-order valence-electron chi connectivity index (χ4n) is 2.81. The first-order valence-corrected chi connectivity index (χ1v) is 12.5. The molecule has 2 aromatic heterocycles. The molecule has 1 amide bonds. The molecule has 2 heterocycles. The van der Waals surface area contributed by atoms with Crippen LogP contribution in [0.3, 0.4) is 0 Å². The number of ether oxygens (including phenoxy) is 2. The number of hydrogen-bond acceptors (Lipinski definition) is 8. The van der Waals surface area contributed by atoms with E-state index in [0.29, 0.717) is 32.3 Å². The molecule has 0 atom stereocenters. The van der Waals surface area contributed by atoms with Crippen LogP contribution in [-0.4, -0.2) is 39.0 Å². The second-order valence-electron chi connectivity index (χ2n) is 7.02. The Kier molecular flexibility index (Phi) is 8.76. The van der Waals surface area contributed by atoms with E-state index < -0.39 is 5.97 Å². The molecule has 0 saturated carbocycles. The molecule has 3 rings (SSSR count). The number of aryl methyl sites for hydroxylation is 2. The van der Waals surface area contributed by atoms with Crippen molar-refractivity contribution in [2.45, 2.75) is 39.0 Å². The largest absolute Gasteiger partial charge is 0.486 e. The minimum absolute atomic E-state index is 0.116. The summed E-state index contributed by atoms with van der Waals surface area (Å²) in [6.45, 7) is 6.15. The molecule has 1 N–H and O–H groups in total. The van der Waals surface area contributed by atoms with E-state index in [2.05, 4.69) is 15.5 Å². The monoisotopic (exact) mass is 508 g/mol. The summed E-state index contributed by atoms with van der Waals surface area (Å²) in [4.78, 5) is 25.7. The average Bonchev–Trinajstić information content (AvgIpc) is 3.36. The number of esters is 1. The first-order chi connectivity index (χ1) is 15.8. The minimum atomic E-state index is -0.440. The molecule has 0 radical (unpaired) electrons. The lowest BCUT2D eigenvalue weighted by Crippen LogP contribution is -2.16. The molecule has 0 aliphatic rings. The summed E-state index contributed by atoms with van der Waals surface area (Å²) >= 11 is 8.67. The fourth-order valence-corrected chi connectivity index (χ4v) is 4.66. The third kappa shape index (κ3) is 6.49. The van der Waals surface area contributed by atoms with E-state index in [-0.39, 0.29) is 24.9 Å². The van der Waals surface area contributed by atoms with Crippen molar-refractivity contribution in [3.8, 4) is 5.75 Å². The highest BCUT2D eigenvalue weighted by atomic mass is 35.5. The van der Waals surface area contributed by atoms with Gasteiger partial charge in [-0.1, -0.05) is 30.3 Å². The maximum Gasteiger partial charge on any atom is 0.341 e. The number of benzene rings is 1. The van der Waals surface area contributed by atoms with Gasteiger partial charge in [0.15, 0.2) is 11.0 Å². The fraction of sp³-hybridized carbons (Fsp3) is 0.364. The quantitative estimate of drug-likeness (QED) is 0.308. The van der Waals surface area contributed by atoms with Gasteiger partial charge in [-0.05, 0) is 50.1 Å². The Morgan fingerprint density at radius 2 is 2.03 bits per heavy atom. The Morgan fingerprint density at radius 1 is 1.24 bits per heavy atom. The molecule has 11 heteroatoms. The van der Waals surface area contributed by atoms with E-state index in [1.54, 1.807) is 29.7 Å². The number of nitrogens with one attached hydrogen (secondary N) is 1. The number of rotatable bonds is 10. The lowest BCUT2D eigenvalue weighted by Gasteiger charge is -2.08. The van der Waals surface area contributed by atoms with Gasteiger partial charge >= 0.3 is 5.97 Å². The Hall–Kier alpha value is -2.56.